The van der Waals surface area contributed by atoms with Crippen molar-refractivity contribution in [3.8, 4) is 0 Å². The van der Waals surface area contributed by atoms with Crippen LogP contribution in [0.4, 0.5) is 4.79 Å². The molecule has 3 rings (SSSR count). The van der Waals surface area contributed by atoms with Gasteiger partial charge in [0.1, 0.15) is 11.6 Å². The Morgan fingerprint density at radius 3 is 2.29 bits per heavy atom. The van der Waals surface area contributed by atoms with Crippen LogP contribution >= 0.6 is 0 Å². The molecule has 3 heterocycles. The van der Waals surface area contributed by atoms with Crippen LogP contribution in [-0.2, 0) is 18.8 Å². The van der Waals surface area contributed by atoms with Crippen molar-refractivity contribution in [2.75, 3.05) is 19.8 Å². The Morgan fingerprint density at radius 1 is 1.18 bits per heavy atom. The predicted molar refractivity (Wildman–Crippen MR) is 104 cm³/mol. The van der Waals surface area contributed by atoms with Gasteiger partial charge in [-0.25, -0.2) is 14.8 Å². The predicted octanol–water partition coefficient (Wildman–Crippen LogP) is 2.08. The number of nitrogens with zero attached hydrogens (tertiary/aromatic N) is 3. The zero-order valence-electron chi connectivity index (χ0n) is 17.8. The van der Waals surface area contributed by atoms with Crippen molar-refractivity contribution >= 4 is 18.7 Å². The van der Waals surface area contributed by atoms with Gasteiger partial charge in [0.05, 0.1) is 24.4 Å². The molecule has 154 valence electrons. The van der Waals surface area contributed by atoms with E-state index in [9.17, 15) is 4.79 Å². The molecule has 0 aliphatic carbocycles. The van der Waals surface area contributed by atoms with Crippen LogP contribution in [0.2, 0.25) is 0 Å². The summed E-state index contributed by atoms with van der Waals surface area (Å²) in [6.07, 6.45) is 2.98. The fraction of sp³-hybridized carbons (Fsp3) is 0.737. The van der Waals surface area contributed by atoms with Crippen LogP contribution in [0.15, 0.2) is 12.4 Å². The second kappa shape index (κ2) is 7.28. The minimum absolute atomic E-state index is 0.328. The van der Waals surface area contributed by atoms with Crippen LogP contribution in [0.25, 0.3) is 0 Å². The second-order valence-corrected chi connectivity index (χ2v) is 9.23. The number of rotatable bonds is 2. The van der Waals surface area contributed by atoms with Crippen molar-refractivity contribution in [3.05, 3.63) is 18.2 Å². The first-order chi connectivity index (χ1) is 12.9. The van der Waals surface area contributed by atoms with E-state index < -0.39 is 30.0 Å². The molecule has 0 aromatic carbocycles. The molecule has 0 bridgehead atoms. The van der Waals surface area contributed by atoms with E-state index in [0.29, 0.717) is 25.6 Å². The van der Waals surface area contributed by atoms with Crippen LogP contribution < -0.4 is 5.46 Å². The van der Waals surface area contributed by atoms with E-state index in [2.05, 4.69) is 9.97 Å². The summed E-state index contributed by atoms with van der Waals surface area (Å²) in [6, 6.07) is -0.393. The zero-order chi connectivity index (χ0) is 20.7. The number of amides is 1. The quantitative estimate of drug-likeness (QED) is 0.714. The molecule has 28 heavy (non-hydrogen) atoms. The third-order valence-electron chi connectivity index (χ3n) is 5.27. The monoisotopic (exact) mass is 391 g/mol. The fourth-order valence-corrected chi connectivity index (χ4v) is 2.98. The average Bonchev–Trinajstić information content (AvgIpc) is 2.81. The summed E-state index contributed by atoms with van der Waals surface area (Å²) in [5, 5.41) is 0. The molecular weight excluding hydrogens is 361 g/mol. The Balaban J connectivity index is 1.75. The zero-order valence-corrected chi connectivity index (χ0v) is 17.8. The fourth-order valence-electron chi connectivity index (χ4n) is 2.98. The lowest BCUT2D eigenvalue weighted by Crippen LogP contribution is -2.46. The van der Waals surface area contributed by atoms with Crippen molar-refractivity contribution in [2.45, 2.75) is 71.3 Å². The lowest BCUT2D eigenvalue weighted by molar-refractivity contribution is -0.0351. The van der Waals surface area contributed by atoms with Gasteiger partial charge in [-0.3, -0.25) is 4.90 Å². The maximum Gasteiger partial charge on any atom is 0.498 e. The third-order valence-corrected chi connectivity index (χ3v) is 5.27. The Hall–Kier alpha value is -1.71. The SMILES string of the molecule is CC(C)(C)OC(=O)N1CCOCC1c1ncc(B2OC(C)(C)C(C)(C)O2)cn1. The van der Waals surface area contributed by atoms with E-state index in [4.69, 9.17) is 18.8 Å². The number of hydrogen-bond acceptors (Lipinski definition) is 7. The normalized spacial score (nSPS) is 24.3. The first kappa shape index (κ1) is 21.0. The van der Waals surface area contributed by atoms with Crippen molar-refractivity contribution in [3.63, 3.8) is 0 Å². The molecule has 2 aliphatic rings. The topological polar surface area (TPSA) is 83.0 Å². The molecule has 2 saturated heterocycles. The molecular formula is C19H30BN3O5. The molecule has 0 saturated carbocycles. The standard InChI is InChI=1S/C19H30BN3O5/c1-17(2,3)26-16(24)23-8-9-25-12-14(23)15-21-10-13(11-22-15)20-27-18(4,5)19(6,7)28-20/h10-11,14H,8-9,12H2,1-7H3. The minimum Gasteiger partial charge on any atom is -0.444 e. The number of ether oxygens (including phenoxy) is 2. The molecule has 0 radical (unpaired) electrons. The largest absolute Gasteiger partial charge is 0.498 e. The molecule has 1 aromatic rings. The smallest absolute Gasteiger partial charge is 0.444 e. The van der Waals surface area contributed by atoms with Crippen LogP contribution in [0.3, 0.4) is 0 Å². The molecule has 1 atom stereocenters. The van der Waals surface area contributed by atoms with Crippen molar-refractivity contribution in [1.82, 2.24) is 14.9 Å². The maximum atomic E-state index is 12.6. The molecule has 0 spiro atoms. The van der Waals surface area contributed by atoms with E-state index in [1.807, 2.05) is 48.5 Å². The molecule has 9 heteroatoms. The van der Waals surface area contributed by atoms with Gasteiger partial charge in [-0.05, 0) is 48.5 Å². The van der Waals surface area contributed by atoms with Gasteiger partial charge in [0.15, 0.2) is 5.82 Å². The average molecular weight is 391 g/mol. The number of carbonyl (C=O) groups excluding carboxylic acids is 1. The van der Waals surface area contributed by atoms with E-state index in [0.717, 1.165) is 5.46 Å². The van der Waals surface area contributed by atoms with Gasteiger partial charge in [0.2, 0.25) is 0 Å². The van der Waals surface area contributed by atoms with Gasteiger partial charge in [0, 0.05) is 24.4 Å². The van der Waals surface area contributed by atoms with E-state index >= 15 is 0 Å². The molecule has 8 nitrogen and oxygen atoms in total. The van der Waals surface area contributed by atoms with Crippen molar-refractivity contribution in [1.29, 1.82) is 0 Å². The van der Waals surface area contributed by atoms with Gasteiger partial charge in [0.25, 0.3) is 0 Å². The Labute approximate surface area is 167 Å². The minimum atomic E-state index is -0.568. The molecule has 2 fully saturated rings. The van der Waals surface area contributed by atoms with E-state index in [1.165, 1.54) is 0 Å². The summed E-state index contributed by atoms with van der Waals surface area (Å²) in [4.78, 5) is 23.1. The van der Waals surface area contributed by atoms with E-state index in [-0.39, 0.29) is 6.09 Å². The second-order valence-electron chi connectivity index (χ2n) is 9.23. The lowest BCUT2D eigenvalue weighted by Gasteiger charge is -2.35. The van der Waals surface area contributed by atoms with Crippen LogP contribution in [-0.4, -0.2) is 64.6 Å². The molecule has 1 unspecified atom stereocenters. The first-order valence-electron chi connectivity index (χ1n) is 9.64. The molecule has 1 amide bonds. The number of carbonyl (C=O) groups is 1. The Bertz CT molecular complexity index is 701. The van der Waals surface area contributed by atoms with Crippen LogP contribution in [0.5, 0.6) is 0 Å². The van der Waals surface area contributed by atoms with Crippen LogP contribution in [0.1, 0.15) is 60.3 Å². The number of morpholine rings is 1. The highest BCUT2D eigenvalue weighted by molar-refractivity contribution is 6.61. The summed E-state index contributed by atoms with van der Waals surface area (Å²) in [7, 11) is -0.524. The van der Waals surface area contributed by atoms with Crippen LogP contribution in [0, 0.1) is 0 Å². The summed E-state index contributed by atoms with van der Waals surface area (Å²) in [5.41, 5.74) is -0.688. The Morgan fingerprint density at radius 2 is 1.75 bits per heavy atom. The number of aromatic nitrogens is 2. The van der Waals surface area contributed by atoms with E-state index in [1.54, 1.807) is 17.3 Å². The van der Waals surface area contributed by atoms with Gasteiger partial charge in [-0.1, -0.05) is 0 Å². The molecule has 1 aromatic heterocycles. The van der Waals surface area contributed by atoms with Gasteiger partial charge in [-0.2, -0.15) is 0 Å². The maximum absolute atomic E-state index is 12.6. The summed E-state index contributed by atoms with van der Waals surface area (Å²) >= 11 is 0. The highest BCUT2D eigenvalue weighted by Gasteiger charge is 2.52. The summed E-state index contributed by atoms with van der Waals surface area (Å²) < 4.78 is 23.1. The van der Waals surface area contributed by atoms with Gasteiger partial charge >= 0.3 is 13.2 Å². The highest BCUT2D eigenvalue weighted by atomic mass is 16.7. The van der Waals surface area contributed by atoms with Crippen molar-refractivity contribution in [2.24, 2.45) is 0 Å². The highest BCUT2D eigenvalue weighted by Crippen LogP contribution is 2.36. The number of hydrogen-bond donors (Lipinski definition) is 0. The summed E-state index contributed by atoms with van der Waals surface area (Å²) in [5.74, 6) is 0.505. The van der Waals surface area contributed by atoms with Gasteiger partial charge in [-0.15, -0.1) is 0 Å². The summed E-state index contributed by atoms with van der Waals surface area (Å²) in [6.45, 7) is 14.8. The molecule has 0 N–H and O–H groups in total. The Kier molecular flexibility index (Phi) is 5.46. The first-order valence-corrected chi connectivity index (χ1v) is 9.64. The molecule has 2 aliphatic heterocycles. The van der Waals surface area contributed by atoms with Gasteiger partial charge < -0.3 is 18.8 Å². The van der Waals surface area contributed by atoms with Crippen molar-refractivity contribution < 1.29 is 23.6 Å². The lowest BCUT2D eigenvalue weighted by atomic mass is 9.81. The third kappa shape index (κ3) is 4.31.